The summed E-state index contributed by atoms with van der Waals surface area (Å²) < 4.78 is 5.46. The molecular weight excluding hydrogens is 275 g/mol. The number of ether oxygens (including phenoxy) is 1. The summed E-state index contributed by atoms with van der Waals surface area (Å²) in [5.74, 6) is 0.272. The molecule has 3 N–H and O–H groups in total. The molecule has 0 aliphatic rings. The lowest BCUT2D eigenvalue weighted by molar-refractivity contribution is -0.127. The van der Waals surface area contributed by atoms with E-state index in [2.05, 4.69) is 5.32 Å². The Hall–Kier alpha value is -0.970. The van der Waals surface area contributed by atoms with Gasteiger partial charge in [0.25, 0.3) is 5.91 Å². The van der Waals surface area contributed by atoms with E-state index in [0.29, 0.717) is 28.9 Å². The van der Waals surface area contributed by atoms with Gasteiger partial charge in [-0.15, -0.1) is 0 Å². The zero-order chi connectivity index (χ0) is 13.5. The average Bonchev–Trinajstić information content (AvgIpc) is 2.27. The Morgan fingerprint density at radius 2 is 2.00 bits per heavy atom. The third-order valence-corrected chi connectivity index (χ3v) is 2.63. The minimum absolute atomic E-state index is 0.195. The Morgan fingerprint density at radius 3 is 2.56 bits per heavy atom. The van der Waals surface area contributed by atoms with Gasteiger partial charge >= 0.3 is 0 Å². The summed E-state index contributed by atoms with van der Waals surface area (Å²) in [6.07, 6.45) is 0.124. The first-order valence-electron chi connectivity index (χ1n) is 5.63. The number of hydrogen-bond acceptors (Lipinski definition) is 3. The first kappa shape index (κ1) is 15.1. The van der Waals surface area contributed by atoms with E-state index in [-0.39, 0.29) is 5.91 Å². The predicted molar refractivity (Wildman–Crippen MR) is 73.2 cm³/mol. The second-order valence-corrected chi connectivity index (χ2v) is 4.67. The smallest absolute Gasteiger partial charge is 0.260 e. The molecule has 18 heavy (non-hydrogen) atoms. The third kappa shape index (κ3) is 5.12. The number of hydrogen-bond donors (Lipinski definition) is 2. The Morgan fingerprint density at radius 1 is 1.39 bits per heavy atom. The number of nitrogens with one attached hydrogen (secondary N) is 1. The second-order valence-electron chi connectivity index (χ2n) is 3.80. The van der Waals surface area contributed by atoms with E-state index >= 15 is 0 Å². The van der Waals surface area contributed by atoms with Gasteiger partial charge in [-0.05, 0) is 38.1 Å². The third-order valence-electron chi connectivity index (χ3n) is 2.20. The molecule has 4 nitrogen and oxygen atoms in total. The summed E-state index contributed by atoms with van der Waals surface area (Å²) in [6, 6.07) is 4.82. The summed E-state index contributed by atoms with van der Waals surface area (Å²) in [6.45, 7) is 2.74. The number of nitrogens with two attached hydrogens (primary N) is 1. The summed E-state index contributed by atoms with van der Waals surface area (Å²) in [4.78, 5) is 11.6. The van der Waals surface area contributed by atoms with Crippen molar-refractivity contribution in [3.8, 4) is 5.75 Å². The van der Waals surface area contributed by atoms with Gasteiger partial charge in [-0.3, -0.25) is 4.79 Å². The number of rotatable bonds is 6. The fraction of sp³-hybridized carbons (Fsp3) is 0.417. The van der Waals surface area contributed by atoms with Crippen LogP contribution in [0.5, 0.6) is 5.75 Å². The van der Waals surface area contributed by atoms with E-state index in [9.17, 15) is 4.79 Å². The van der Waals surface area contributed by atoms with Crippen molar-refractivity contribution in [1.82, 2.24) is 5.32 Å². The van der Waals surface area contributed by atoms with Crippen molar-refractivity contribution in [2.75, 3.05) is 13.1 Å². The molecule has 100 valence electrons. The van der Waals surface area contributed by atoms with Gasteiger partial charge in [0.1, 0.15) is 5.75 Å². The average molecular weight is 291 g/mol. The van der Waals surface area contributed by atoms with Crippen LogP contribution < -0.4 is 15.8 Å². The maximum absolute atomic E-state index is 11.6. The molecular formula is C12H16Cl2N2O2. The number of amides is 1. The Balaban J connectivity index is 2.52. The lowest BCUT2D eigenvalue weighted by Gasteiger charge is -2.15. The van der Waals surface area contributed by atoms with E-state index in [4.69, 9.17) is 33.7 Å². The molecule has 1 amide bonds. The molecule has 0 heterocycles. The van der Waals surface area contributed by atoms with Gasteiger partial charge in [-0.25, -0.2) is 0 Å². The van der Waals surface area contributed by atoms with Gasteiger partial charge in [0.2, 0.25) is 0 Å². The molecule has 0 bridgehead atoms. The Kier molecular flexibility index (Phi) is 6.25. The van der Waals surface area contributed by atoms with Crippen LogP contribution in [0.3, 0.4) is 0 Å². The minimum Gasteiger partial charge on any atom is -0.481 e. The van der Waals surface area contributed by atoms with Crippen molar-refractivity contribution in [1.29, 1.82) is 0 Å². The molecule has 0 aliphatic carbocycles. The summed E-state index contributed by atoms with van der Waals surface area (Å²) in [5.41, 5.74) is 5.34. The molecule has 0 aliphatic heterocycles. The van der Waals surface area contributed by atoms with Gasteiger partial charge < -0.3 is 15.8 Å². The molecule has 1 unspecified atom stereocenters. The molecule has 0 aromatic heterocycles. The highest BCUT2D eigenvalue weighted by Gasteiger charge is 2.14. The quantitative estimate of drug-likeness (QED) is 0.790. The molecule has 1 aromatic rings. The van der Waals surface area contributed by atoms with Crippen LogP contribution in [0.25, 0.3) is 0 Å². The van der Waals surface area contributed by atoms with Crippen molar-refractivity contribution >= 4 is 29.1 Å². The van der Waals surface area contributed by atoms with E-state index in [1.165, 1.54) is 0 Å². The lowest BCUT2D eigenvalue weighted by atomic mass is 10.3. The van der Waals surface area contributed by atoms with E-state index in [1.54, 1.807) is 25.1 Å². The molecule has 0 spiro atoms. The fourth-order valence-corrected chi connectivity index (χ4v) is 1.82. The summed E-state index contributed by atoms with van der Waals surface area (Å²) in [5, 5.41) is 3.65. The van der Waals surface area contributed by atoms with Gasteiger partial charge in [-0.2, -0.15) is 0 Å². The van der Waals surface area contributed by atoms with Crippen LogP contribution in [-0.2, 0) is 4.79 Å². The van der Waals surface area contributed by atoms with Crippen molar-refractivity contribution < 1.29 is 9.53 Å². The normalized spacial score (nSPS) is 12.0. The maximum Gasteiger partial charge on any atom is 0.260 e. The van der Waals surface area contributed by atoms with Gasteiger partial charge in [0, 0.05) is 16.6 Å². The number of carbonyl (C=O) groups excluding carboxylic acids is 1. The lowest BCUT2D eigenvalue weighted by Crippen LogP contribution is -2.37. The standard InChI is InChI=1S/C12H16Cl2N2O2/c1-8(12(17)16-4-2-3-15)18-11-6-9(13)5-10(14)7-11/h5-8H,2-4,15H2,1H3,(H,16,17). The minimum atomic E-state index is -0.614. The van der Waals surface area contributed by atoms with Gasteiger partial charge in [-0.1, -0.05) is 23.2 Å². The van der Waals surface area contributed by atoms with Crippen LogP contribution in [0.1, 0.15) is 13.3 Å². The van der Waals surface area contributed by atoms with Crippen LogP contribution >= 0.6 is 23.2 Å². The fourth-order valence-electron chi connectivity index (χ4n) is 1.31. The first-order valence-corrected chi connectivity index (χ1v) is 6.39. The zero-order valence-corrected chi connectivity index (χ0v) is 11.6. The van der Waals surface area contributed by atoms with Crippen molar-refractivity contribution in [3.63, 3.8) is 0 Å². The van der Waals surface area contributed by atoms with Crippen molar-refractivity contribution in [2.24, 2.45) is 5.73 Å². The van der Waals surface area contributed by atoms with Crippen LogP contribution in [0.4, 0.5) is 0 Å². The van der Waals surface area contributed by atoms with Crippen LogP contribution in [0, 0.1) is 0 Å². The maximum atomic E-state index is 11.6. The van der Waals surface area contributed by atoms with Gasteiger partial charge in [0.15, 0.2) is 6.10 Å². The SMILES string of the molecule is CC(Oc1cc(Cl)cc(Cl)c1)C(=O)NCCCN. The predicted octanol–water partition coefficient (Wildman–Crippen LogP) is 2.23. The van der Waals surface area contributed by atoms with Crippen LogP contribution in [0.15, 0.2) is 18.2 Å². The highest BCUT2D eigenvalue weighted by molar-refractivity contribution is 6.34. The monoisotopic (exact) mass is 290 g/mol. The second kappa shape index (κ2) is 7.46. The van der Waals surface area contributed by atoms with Crippen molar-refractivity contribution in [2.45, 2.75) is 19.4 Å². The summed E-state index contributed by atoms with van der Waals surface area (Å²) in [7, 11) is 0. The van der Waals surface area contributed by atoms with E-state index < -0.39 is 6.10 Å². The molecule has 1 aromatic carbocycles. The topological polar surface area (TPSA) is 64.3 Å². The van der Waals surface area contributed by atoms with Crippen LogP contribution in [-0.4, -0.2) is 25.1 Å². The van der Waals surface area contributed by atoms with E-state index in [0.717, 1.165) is 6.42 Å². The number of carbonyl (C=O) groups is 1. The highest BCUT2D eigenvalue weighted by atomic mass is 35.5. The molecule has 0 saturated carbocycles. The van der Waals surface area contributed by atoms with Crippen molar-refractivity contribution in [3.05, 3.63) is 28.2 Å². The van der Waals surface area contributed by atoms with Crippen LogP contribution in [0.2, 0.25) is 10.0 Å². The Bertz CT molecular complexity index is 393. The zero-order valence-electron chi connectivity index (χ0n) is 10.1. The number of benzene rings is 1. The molecule has 6 heteroatoms. The highest BCUT2D eigenvalue weighted by Crippen LogP contribution is 2.24. The first-order chi connectivity index (χ1) is 8.52. The molecule has 1 rings (SSSR count). The molecule has 0 saturated heterocycles. The van der Waals surface area contributed by atoms with E-state index in [1.807, 2.05) is 0 Å². The van der Waals surface area contributed by atoms with Gasteiger partial charge in [0.05, 0.1) is 0 Å². The number of halogens is 2. The Labute approximate surface area is 116 Å². The largest absolute Gasteiger partial charge is 0.481 e. The molecule has 0 radical (unpaired) electrons. The molecule has 0 fully saturated rings. The summed E-state index contributed by atoms with van der Waals surface area (Å²) >= 11 is 11.7. The molecule has 1 atom stereocenters.